The van der Waals surface area contributed by atoms with E-state index in [9.17, 15) is 9.59 Å². The van der Waals surface area contributed by atoms with Gasteiger partial charge in [0.2, 0.25) is 11.8 Å². The molecule has 2 rings (SSSR count). The van der Waals surface area contributed by atoms with Crippen molar-refractivity contribution in [3.05, 3.63) is 12.2 Å². The SMILES string of the molecule is C=C1CCCC1C(=O)N1CCCCC1=O. The number of hydrogen-bond acceptors (Lipinski definition) is 2. The van der Waals surface area contributed by atoms with Crippen LogP contribution in [0.1, 0.15) is 38.5 Å². The molecule has 0 bridgehead atoms. The zero-order chi connectivity index (χ0) is 10.8. The van der Waals surface area contributed by atoms with Crippen molar-refractivity contribution < 1.29 is 9.59 Å². The van der Waals surface area contributed by atoms with Crippen LogP contribution < -0.4 is 0 Å². The minimum Gasteiger partial charge on any atom is -0.282 e. The molecular weight excluding hydrogens is 190 g/mol. The zero-order valence-electron chi connectivity index (χ0n) is 9.00. The molecule has 1 aliphatic heterocycles. The van der Waals surface area contributed by atoms with Gasteiger partial charge in [0.25, 0.3) is 0 Å². The second kappa shape index (κ2) is 4.17. The molecule has 1 saturated heterocycles. The van der Waals surface area contributed by atoms with Crippen LogP contribution in [0.25, 0.3) is 0 Å². The van der Waals surface area contributed by atoms with E-state index in [2.05, 4.69) is 6.58 Å². The van der Waals surface area contributed by atoms with Crippen molar-refractivity contribution in [2.45, 2.75) is 38.5 Å². The van der Waals surface area contributed by atoms with E-state index in [0.717, 1.165) is 37.7 Å². The zero-order valence-corrected chi connectivity index (χ0v) is 9.00. The van der Waals surface area contributed by atoms with E-state index < -0.39 is 0 Å². The molecule has 82 valence electrons. The molecule has 2 fully saturated rings. The molecule has 3 heteroatoms. The van der Waals surface area contributed by atoms with E-state index in [4.69, 9.17) is 0 Å². The van der Waals surface area contributed by atoms with Crippen molar-refractivity contribution in [2.24, 2.45) is 5.92 Å². The lowest BCUT2D eigenvalue weighted by molar-refractivity contribution is -0.148. The summed E-state index contributed by atoms with van der Waals surface area (Å²) in [5.41, 5.74) is 1.01. The van der Waals surface area contributed by atoms with Gasteiger partial charge < -0.3 is 0 Å². The first-order valence-corrected chi connectivity index (χ1v) is 5.72. The lowest BCUT2D eigenvalue weighted by Gasteiger charge is -2.27. The molecule has 2 aliphatic rings. The molecule has 1 atom stereocenters. The van der Waals surface area contributed by atoms with Gasteiger partial charge in [0.1, 0.15) is 0 Å². The molecule has 0 N–H and O–H groups in total. The highest BCUT2D eigenvalue weighted by Gasteiger charge is 2.33. The number of imide groups is 1. The Morgan fingerprint density at radius 1 is 1.27 bits per heavy atom. The predicted octanol–water partition coefficient (Wildman–Crippen LogP) is 1.88. The average molecular weight is 207 g/mol. The smallest absolute Gasteiger partial charge is 0.236 e. The Hall–Kier alpha value is -1.12. The maximum absolute atomic E-state index is 12.1. The largest absolute Gasteiger partial charge is 0.282 e. The van der Waals surface area contributed by atoms with E-state index in [1.54, 1.807) is 0 Å². The Balaban J connectivity index is 2.06. The van der Waals surface area contributed by atoms with Crippen molar-refractivity contribution >= 4 is 11.8 Å². The van der Waals surface area contributed by atoms with Crippen molar-refractivity contribution in [1.29, 1.82) is 0 Å². The maximum Gasteiger partial charge on any atom is 0.236 e. The predicted molar refractivity (Wildman–Crippen MR) is 57.1 cm³/mol. The summed E-state index contributed by atoms with van der Waals surface area (Å²) in [5, 5.41) is 0. The standard InChI is InChI=1S/C12H17NO2/c1-9-5-4-6-10(9)12(15)13-8-3-2-7-11(13)14/h10H,1-8H2. The molecule has 1 heterocycles. The van der Waals surface area contributed by atoms with E-state index in [-0.39, 0.29) is 17.7 Å². The molecule has 3 nitrogen and oxygen atoms in total. The van der Waals surface area contributed by atoms with Crippen LogP contribution in [0.4, 0.5) is 0 Å². The Morgan fingerprint density at radius 3 is 2.67 bits per heavy atom. The van der Waals surface area contributed by atoms with Gasteiger partial charge in [-0.3, -0.25) is 14.5 Å². The third-order valence-corrected chi connectivity index (χ3v) is 3.37. The quantitative estimate of drug-likeness (QED) is 0.486. The maximum atomic E-state index is 12.1. The number of nitrogens with zero attached hydrogens (tertiary/aromatic N) is 1. The van der Waals surface area contributed by atoms with Crippen LogP contribution >= 0.6 is 0 Å². The summed E-state index contributed by atoms with van der Waals surface area (Å²) in [4.78, 5) is 25.1. The molecule has 1 saturated carbocycles. The average Bonchev–Trinajstić information content (AvgIpc) is 2.64. The minimum absolute atomic E-state index is 0.00204. The summed E-state index contributed by atoms with van der Waals surface area (Å²) in [6.45, 7) is 4.53. The second-order valence-electron chi connectivity index (χ2n) is 4.44. The molecule has 0 spiro atoms. The molecule has 15 heavy (non-hydrogen) atoms. The summed E-state index contributed by atoms with van der Waals surface area (Å²) in [6.07, 6.45) is 5.27. The fourth-order valence-electron chi connectivity index (χ4n) is 2.44. The number of piperidine rings is 1. The second-order valence-corrected chi connectivity index (χ2v) is 4.44. The normalized spacial score (nSPS) is 27.2. The van der Waals surface area contributed by atoms with Gasteiger partial charge in [0.05, 0.1) is 5.92 Å². The van der Waals surface area contributed by atoms with Crippen molar-refractivity contribution in [3.8, 4) is 0 Å². The molecule has 0 aromatic carbocycles. The lowest BCUT2D eigenvalue weighted by Crippen LogP contribution is -2.43. The summed E-state index contributed by atoms with van der Waals surface area (Å²) in [6, 6.07) is 0. The number of carbonyl (C=O) groups excluding carboxylic acids is 2. The topological polar surface area (TPSA) is 37.4 Å². The molecule has 0 aromatic rings. The molecule has 2 amide bonds. The summed E-state index contributed by atoms with van der Waals surface area (Å²) < 4.78 is 0. The Bertz CT molecular complexity index is 309. The van der Waals surface area contributed by atoms with Crippen LogP contribution in [-0.2, 0) is 9.59 Å². The number of likely N-dealkylation sites (tertiary alicyclic amines) is 1. The van der Waals surface area contributed by atoms with Gasteiger partial charge in [-0.2, -0.15) is 0 Å². The fraction of sp³-hybridized carbons (Fsp3) is 0.667. The number of hydrogen-bond donors (Lipinski definition) is 0. The van der Waals surface area contributed by atoms with Gasteiger partial charge in [-0.25, -0.2) is 0 Å². The van der Waals surface area contributed by atoms with Crippen molar-refractivity contribution in [3.63, 3.8) is 0 Å². The van der Waals surface area contributed by atoms with Gasteiger partial charge in [-0.1, -0.05) is 12.2 Å². The van der Waals surface area contributed by atoms with Crippen LogP contribution in [0.15, 0.2) is 12.2 Å². The first-order chi connectivity index (χ1) is 7.20. The molecule has 1 unspecified atom stereocenters. The highest BCUT2D eigenvalue weighted by atomic mass is 16.2. The highest BCUT2D eigenvalue weighted by Crippen LogP contribution is 2.31. The van der Waals surface area contributed by atoms with Crippen LogP contribution in [0.2, 0.25) is 0 Å². The Kier molecular flexibility index (Phi) is 2.89. The van der Waals surface area contributed by atoms with Crippen molar-refractivity contribution in [2.75, 3.05) is 6.54 Å². The first kappa shape index (κ1) is 10.4. The Morgan fingerprint density at radius 2 is 2.07 bits per heavy atom. The van der Waals surface area contributed by atoms with Gasteiger partial charge >= 0.3 is 0 Å². The minimum atomic E-state index is -0.0768. The lowest BCUT2D eigenvalue weighted by atomic mass is 10.0. The molecule has 0 aromatic heterocycles. The van der Waals surface area contributed by atoms with Gasteiger partial charge in [0.15, 0.2) is 0 Å². The van der Waals surface area contributed by atoms with Crippen LogP contribution in [0.5, 0.6) is 0 Å². The van der Waals surface area contributed by atoms with Crippen LogP contribution in [0, 0.1) is 5.92 Å². The summed E-state index contributed by atoms with van der Waals surface area (Å²) in [7, 11) is 0. The van der Waals surface area contributed by atoms with Crippen LogP contribution in [-0.4, -0.2) is 23.3 Å². The van der Waals surface area contributed by atoms with E-state index in [1.165, 1.54) is 4.90 Å². The monoisotopic (exact) mass is 207 g/mol. The molecule has 1 aliphatic carbocycles. The number of amides is 2. The fourth-order valence-corrected chi connectivity index (χ4v) is 2.44. The van der Waals surface area contributed by atoms with E-state index in [1.807, 2.05) is 0 Å². The highest BCUT2D eigenvalue weighted by molar-refractivity contribution is 5.98. The van der Waals surface area contributed by atoms with E-state index >= 15 is 0 Å². The van der Waals surface area contributed by atoms with Crippen molar-refractivity contribution in [1.82, 2.24) is 4.90 Å². The van der Waals surface area contributed by atoms with Gasteiger partial charge in [0, 0.05) is 13.0 Å². The first-order valence-electron chi connectivity index (χ1n) is 5.72. The Labute approximate surface area is 90.1 Å². The van der Waals surface area contributed by atoms with Gasteiger partial charge in [-0.05, 0) is 32.1 Å². The number of carbonyl (C=O) groups is 2. The van der Waals surface area contributed by atoms with Gasteiger partial charge in [-0.15, -0.1) is 0 Å². The molecular formula is C12H17NO2. The number of rotatable bonds is 1. The third-order valence-electron chi connectivity index (χ3n) is 3.37. The van der Waals surface area contributed by atoms with E-state index in [0.29, 0.717) is 13.0 Å². The summed E-state index contributed by atoms with van der Waals surface area (Å²) >= 11 is 0. The molecule has 0 radical (unpaired) electrons. The third kappa shape index (κ3) is 1.96. The summed E-state index contributed by atoms with van der Waals surface area (Å²) in [5.74, 6) is -0.0693. The van der Waals surface area contributed by atoms with Crippen LogP contribution in [0.3, 0.4) is 0 Å².